The van der Waals surface area contributed by atoms with E-state index in [1.807, 2.05) is 0 Å². The van der Waals surface area contributed by atoms with Crippen LogP contribution in [0.4, 0.5) is 0 Å². The van der Waals surface area contributed by atoms with Gasteiger partial charge in [-0.3, -0.25) is 14.9 Å². The molecule has 0 heterocycles. The summed E-state index contributed by atoms with van der Waals surface area (Å²) in [5.41, 5.74) is -1.99. The lowest BCUT2D eigenvalue weighted by Crippen LogP contribution is -2.49. The minimum absolute atomic E-state index is 0.231. The molecule has 0 aromatic rings. The van der Waals surface area contributed by atoms with E-state index in [1.165, 1.54) is 0 Å². The summed E-state index contributed by atoms with van der Waals surface area (Å²) in [4.78, 5) is 33.1. The van der Waals surface area contributed by atoms with Crippen molar-refractivity contribution >= 4 is 14.2 Å². The predicted molar refractivity (Wildman–Crippen MR) is 65.5 cm³/mol. The fourth-order valence-electron chi connectivity index (χ4n) is 0.323. The van der Waals surface area contributed by atoms with E-state index in [0.29, 0.717) is 0 Å². The van der Waals surface area contributed by atoms with Crippen LogP contribution >= 0.6 is 8.25 Å². The topological polar surface area (TPSA) is 199 Å². The minimum Gasteiger partial charge on any atom is -0.481 e. The molecule has 0 saturated heterocycles. The van der Waals surface area contributed by atoms with E-state index in [9.17, 15) is 14.9 Å². The highest BCUT2D eigenvalue weighted by molar-refractivity contribution is 7.30. The number of carbonyl (C=O) groups is 1. The number of rotatable bonds is 5. The molecule has 0 aliphatic carbocycles. The third-order valence-corrected chi connectivity index (χ3v) is 1.76. The van der Waals surface area contributed by atoms with Crippen LogP contribution in [0.1, 0.15) is 13.8 Å². The molecule has 0 atom stereocenters. The van der Waals surface area contributed by atoms with Crippen molar-refractivity contribution in [3.8, 4) is 0 Å². The molecule has 0 fully saturated rings. The fourth-order valence-corrected chi connectivity index (χ4v) is 0.323. The van der Waals surface area contributed by atoms with Gasteiger partial charge in [0, 0.05) is 9.49 Å². The third-order valence-electron chi connectivity index (χ3n) is 1.76. The molecule has 0 bridgehead atoms. The van der Waals surface area contributed by atoms with E-state index in [4.69, 9.17) is 34.8 Å². The summed E-state index contributed by atoms with van der Waals surface area (Å²) < 4.78 is 8.70. The number of aliphatic hydroxyl groups excluding tert-OH is 3. The predicted octanol–water partition coefficient (Wildman–Crippen LogP) is -1.67. The Kier molecular flexibility index (Phi) is 15.2. The number of carboxylic acids is 1. The molecular formula is C8H19NO10P+. The highest BCUT2D eigenvalue weighted by Crippen LogP contribution is 2.05. The summed E-state index contributed by atoms with van der Waals surface area (Å²) in [5, 5.41) is 43.2. The van der Waals surface area contributed by atoms with Crippen LogP contribution in [0.2, 0.25) is 0 Å². The van der Waals surface area contributed by atoms with E-state index in [-0.39, 0.29) is 5.92 Å². The van der Waals surface area contributed by atoms with Crippen LogP contribution in [0.3, 0.4) is 0 Å². The number of hydrogen-bond acceptors (Lipinski definition) is 7. The van der Waals surface area contributed by atoms with Crippen molar-refractivity contribution in [3.63, 3.8) is 0 Å². The molecule has 11 nitrogen and oxygen atoms in total. The van der Waals surface area contributed by atoms with Crippen molar-refractivity contribution in [2.24, 2.45) is 5.92 Å². The quantitative estimate of drug-likeness (QED) is 0.193. The Morgan fingerprint density at radius 1 is 1.20 bits per heavy atom. The van der Waals surface area contributed by atoms with Crippen LogP contribution < -0.4 is 0 Å². The zero-order chi connectivity index (χ0) is 16.9. The summed E-state index contributed by atoms with van der Waals surface area (Å²) >= 11 is 0. The number of hydrogen-bond donors (Lipinski definition) is 6. The average molecular weight is 320 g/mol. The van der Waals surface area contributed by atoms with Gasteiger partial charge in [-0.05, 0) is 0 Å². The summed E-state index contributed by atoms with van der Waals surface area (Å²) in [6.45, 7) is 0.678. The maximum Gasteiger partial charge on any atom is 0.692 e. The molecule has 6 N–H and O–H groups in total. The average Bonchev–Trinajstić information content (AvgIpc) is 2.31. The summed E-state index contributed by atoms with van der Waals surface area (Å²) in [5.74, 6) is -0.972. The van der Waals surface area contributed by atoms with Gasteiger partial charge >= 0.3 is 14.2 Å². The van der Waals surface area contributed by atoms with Crippen molar-refractivity contribution < 1.29 is 44.5 Å². The standard InChI is InChI=1S/C4H9NO5.C4H8O2.HO3P/c6-1-4(2-7,3-8)5(9)10;1-3(2)4(5)6;1-4(2)3/h6-8H,1-3H2;3H,1-2H3,(H,5,6);(H-,1,2,3)/p+1. The first kappa shape index (κ1) is 23.8. The highest BCUT2D eigenvalue weighted by atomic mass is 31.1. The molecular weight excluding hydrogens is 301 g/mol. The van der Waals surface area contributed by atoms with E-state index in [1.54, 1.807) is 13.8 Å². The van der Waals surface area contributed by atoms with Crippen LogP contribution in [0, 0.1) is 16.0 Å². The second-order valence-corrected chi connectivity index (χ2v) is 4.21. The Morgan fingerprint density at radius 2 is 1.40 bits per heavy atom. The molecule has 0 spiro atoms. The summed E-state index contributed by atoms with van der Waals surface area (Å²) in [7, 11) is -2.87. The number of nitro groups is 1. The molecule has 0 amide bonds. The zero-order valence-corrected chi connectivity index (χ0v) is 11.8. The summed E-state index contributed by atoms with van der Waals surface area (Å²) in [6.07, 6.45) is 0. The highest BCUT2D eigenvalue weighted by Gasteiger charge is 2.41. The number of aliphatic carboxylic acids is 1. The van der Waals surface area contributed by atoms with Gasteiger partial charge in [-0.25, -0.2) is 0 Å². The Balaban J connectivity index is -0.000000246. The molecule has 120 valence electrons. The van der Waals surface area contributed by atoms with Crippen LogP contribution in [0.15, 0.2) is 0 Å². The molecule has 0 radical (unpaired) electrons. The van der Waals surface area contributed by atoms with Gasteiger partial charge in [0.25, 0.3) is 5.54 Å². The van der Waals surface area contributed by atoms with Gasteiger partial charge in [-0.15, -0.1) is 9.79 Å². The van der Waals surface area contributed by atoms with Gasteiger partial charge in [0.1, 0.15) is 19.8 Å². The van der Waals surface area contributed by atoms with E-state index >= 15 is 0 Å². The Bertz CT molecular complexity index is 291. The van der Waals surface area contributed by atoms with Gasteiger partial charge in [0.15, 0.2) is 0 Å². The Morgan fingerprint density at radius 3 is 1.40 bits per heavy atom. The maximum absolute atomic E-state index is 10.0. The van der Waals surface area contributed by atoms with Crippen LogP contribution in [0.5, 0.6) is 0 Å². The minimum atomic E-state index is -2.87. The van der Waals surface area contributed by atoms with E-state index in [0.717, 1.165) is 0 Å². The molecule has 0 aliphatic rings. The molecule has 20 heavy (non-hydrogen) atoms. The molecule has 0 aromatic heterocycles. The largest absolute Gasteiger partial charge is 0.692 e. The van der Waals surface area contributed by atoms with Gasteiger partial charge in [-0.2, -0.15) is 0 Å². The van der Waals surface area contributed by atoms with Crippen molar-refractivity contribution in [1.29, 1.82) is 0 Å². The first-order chi connectivity index (χ1) is 9.00. The molecule has 0 rings (SSSR count). The molecule has 0 unspecified atom stereocenters. The number of nitrogens with zero attached hydrogens (tertiary/aromatic N) is 1. The lowest BCUT2D eigenvalue weighted by atomic mass is 10.1. The lowest BCUT2D eigenvalue weighted by molar-refractivity contribution is -0.580. The lowest BCUT2D eigenvalue weighted by Gasteiger charge is -2.16. The molecule has 12 heteroatoms. The van der Waals surface area contributed by atoms with Gasteiger partial charge in [0.05, 0.1) is 5.92 Å². The smallest absolute Gasteiger partial charge is 0.481 e. The van der Waals surface area contributed by atoms with Crippen molar-refractivity contribution in [1.82, 2.24) is 0 Å². The van der Waals surface area contributed by atoms with Gasteiger partial charge in [0.2, 0.25) is 0 Å². The summed E-state index contributed by atoms with van der Waals surface area (Å²) in [6, 6.07) is 0. The van der Waals surface area contributed by atoms with Crippen LogP contribution in [-0.2, 0) is 9.36 Å². The number of carboxylic acid groups (broad SMARTS) is 1. The van der Waals surface area contributed by atoms with Crippen LogP contribution in [0.25, 0.3) is 0 Å². The Hall–Kier alpha value is -1.23. The Labute approximate surface area is 115 Å². The third kappa shape index (κ3) is 13.2. The zero-order valence-electron chi connectivity index (χ0n) is 10.9. The fraction of sp³-hybridized carbons (Fsp3) is 0.875. The first-order valence-electron chi connectivity index (χ1n) is 5.05. The van der Waals surface area contributed by atoms with E-state index < -0.39 is 44.5 Å². The van der Waals surface area contributed by atoms with Crippen molar-refractivity contribution in [2.45, 2.75) is 19.4 Å². The van der Waals surface area contributed by atoms with Gasteiger partial charge < -0.3 is 20.4 Å². The van der Waals surface area contributed by atoms with E-state index in [2.05, 4.69) is 0 Å². The molecule has 0 aliphatic heterocycles. The monoisotopic (exact) mass is 320 g/mol. The normalized spacial score (nSPS) is 9.80. The van der Waals surface area contributed by atoms with Gasteiger partial charge in [-0.1, -0.05) is 13.8 Å². The second-order valence-electron chi connectivity index (χ2n) is 3.70. The maximum atomic E-state index is 10.0. The van der Waals surface area contributed by atoms with Crippen LogP contribution in [-0.4, -0.2) is 66.5 Å². The molecule has 0 aromatic carbocycles. The van der Waals surface area contributed by atoms with Crippen molar-refractivity contribution in [3.05, 3.63) is 10.1 Å². The molecule has 0 saturated carbocycles. The second kappa shape index (κ2) is 12.8. The first-order valence-corrected chi connectivity index (χ1v) is 6.22. The SMILES string of the molecule is CC(C)C(=O)O.O=[N+]([O-])C(CO)(CO)CO.O=[P+](O)O. The number of aliphatic hydroxyl groups is 3. The van der Waals surface area contributed by atoms with Crippen molar-refractivity contribution in [2.75, 3.05) is 19.8 Å².